The Hall–Kier alpha value is -1.85. The van der Waals surface area contributed by atoms with Crippen LogP contribution in [0.15, 0.2) is 54.1 Å². The Kier molecular flexibility index (Phi) is 3.09. The molecular formula is C18H21NO3S. The van der Waals surface area contributed by atoms with Gasteiger partial charge in [-0.3, -0.25) is 0 Å². The molecule has 1 heterocycles. The van der Waals surface area contributed by atoms with E-state index in [1.54, 1.807) is 30.3 Å². The smallest absolute Gasteiger partial charge is 0.267 e. The molecule has 0 spiro atoms. The lowest BCUT2D eigenvalue weighted by Crippen LogP contribution is -2.37. The average Bonchev–Trinajstić information content (AvgIpc) is 2.97. The van der Waals surface area contributed by atoms with Gasteiger partial charge in [0.05, 0.1) is 14.6 Å². The first-order valence-electron chi connectivity index (χ1n) is 8.91. The average molecular weight is 334 g/mol. The van der Waals surface area contributed by atoms with E-state index in [2.05, 4.69) is 6.58 Å². The van der Waals surface area contributed by atoms with E-state index in [1.807, 2.05) is 6.92 Å². The molecule has 3 rings (SSSR count). The van der Waals surface area contributed by atoms with Crippen molar-refractivity contribution in [2.75, 3.05) is 7.04 Å². The molecule has 23 heavy (non-hydrogen) atoms. The lowest BCUT2D eigenvalue weighted by Gasteiger charge is -2.33. The number of aromatic nitrogens is 1. The van der Waals surface area contributed by atoms with E-state index < -0.39 is 22.7 Å². The third-order valence-electron chi connectivity index (χ3n) is 4.49. The molecule has 0 N–H and O–H groups in total. The summed E-state index contributed by atoms with van der Waals surface area (Å²) in [6, 6.07) is 8.39. The highest BCUT2D eigenvalue weighted by molar-refractivity contribution is 7.90. The molecule has 0 aliphatic heterocycles. The Labute approximate surface area is 141 Å². The van der Waals surface area contributed by atoms with Gasteiger partial charge in [0, 0.05) is 25.3 Å². The van der Waals surface area contributed by atoms with Crippen molar-refractivity contribution in [3.63, 3.8) is 0 Å². The molecule has 4 nitrogen and oxygen atoms in total. The number of fused-ring (bicyclic) bond motifs is 1. The lowest BCUT2D eigenvalue weighted by molar-refractivity contribution is 0.0202. The molecule has 1 unspecified atom stereocenters. The second-order valence-corrected chi connectivity index (χ2v) is 7.76. The van der Waals surface area contributed by atoms with Gasteiger partial charge >= 0.3 is 0 Å². The van der Waals surface area contributed by atoms with Gasteiger partial charge in [0.2, 0.25) is 0 Å². The largest absolute Gasteiger partial charge is 0.374 e. The second kappa shape index (κ2) is 5.65. The summed E-state index contributed by atoms with van der Waals surface area (Å²) in [5.41, 5.74) is 1.28. The van der Waals surface area contributed by atoms with Crippen molar-refractivity contribution >= 4 is 10.0 Å². The quantitative estimate of drug-likeness (QED) is 0.807. The van der Waals surface area contributed by atoms with Gasteiger partial charge < -0.3 is 4.74 Å². The van der Waals surface area contributed by atoms with Crippen LogP contribution in [0.3, 0.4) is 0 Å². The van der Waals surface area contributed by atoms with Gasteiger partial charge in [0.1, 0.15) is 0 Å². The fraction of sp³-hybridized carbons (Fsp3) is 0.333. The molecule has 1 aliphatic carbocycles. The van der Waals surface area contributed by atoms with Gasteiger partial charge in [0.15, 0.2) is 0 Å². The molecule has 1 aliphatic rings. The molecule has 0 saturated heterocycles. The molecule has 1 aromatic heterocycles. The molecular weight excluding hydrogens is 310 g/mol. The zero-order valence-corrected chi connectivity index (χ0v) is 13.8. The number of nitrogens with zero attached hydrogens (tertiary/aromatic N) is 1. The third-order valence-corrected chi connectivity index (χ3v) is 6.21. The maximum Gasteiger partial charge on any atom is 0.267 e. The van der Waals surface area contributed by atoms with Crippen molar-refractivity contribution in [2.24, 2.45) is 0 Å². The molecule has 122 valence electrons. The minimum atomic E-state index is -3.77. The van der Waals surface area contributed by atoms with Crippen LogP contribution < -0.4 is 0 Å². The Morgan fingerprint density at radius 2 is 2.09 bits per heavy atom. The van der Waals surface area contributed by atoms with Crippen LogP contribution in [0, 0.1) is 6.92 Å². The molecule has 0 amide bonds. The van der Waals surface area contributed by atoms with E-state index in [4.69, 9.17) is 8.85 Å². The van der Waals surface area contributed by atoms with Crippen LogP contribution in [0.4, 0.5) is 0 Å². The summed E-state index contributed by atoms with van der Waals surface area (Å²) in [5.74, 6) is 0. The van der Waals surface area contributed by atoms with Crippen LogP contribution in [0.1, 0.15) is 27.4 Å². The van der Waals surface area contributed by atoms with Gasteiger partial charge in [-0.2, -0.15) is 0 Å². The van der Waals surface area contributed by atoms with Gasteiger partial charge in [-0.05, 0) is 43.5 Å². The van der Waals surface area contributed by atoms with Gasteiger partial charge in [-0.15, -0.1) is 6.58 Å². The van der Waals surface area contributed by atoms with Crippen molar-refractivity contribution in [2.45, 2.75) is 36.7 Å². The first kappa shape index (κ1) is 12.6. The van der Waals surface area contributed by atoms with E-state index in [0.29, 0.717) is 18.5 Å². The van der Waals surface area contributed by atoms with Crippen molar-refractivity contribution in [3.05, 3.63) is 66.0 Å². The summed E-state index contributed by atoms with van der Waals surface area (Å²) in [6.07, 6.45) is 4.10. The second-order valence-electron chi connectivity index (χ2n) is 5.95. The van der Waals surface area contributed by atoms with Gasteiger partial charge in [0.25, 0.3) is 10.0 Å². The Morgan fingerprint density at radius 3 is 2.74 bits per heavy atom. The maximum absolute atomic E-state index is 13.0. The van der Waals surface area contributed by atoms with Crippen LogP contribution in [-0.2, 0) is 27.6 Å². The van der Waals surface area contributed by atoms with Crippen LogP contribution in [0.5, 0.6) is 0 Å². The molecule has 2 aromatic rings. The standard InChI is InChI=1S/C18H21NO3S/c1-4-18(22-3)11-9-15-10-12-19(17(15)13-18)23(20,21)16-7-5-14(2)6-8-16/h4-8,10,12H,1,9,11,13H2,2-3H3/i3D3. The predicted octanol–water partition coefficient (Wildman–Crippen LogP) is 3.09. The Bertz CT molecular complexity index is 930. The number of ether oxygens (including phenoxy) is 1. The molecule has 0 radical (unpaired) electrons. The summed E-state index contributed by atoms with van der Waals surface area (Å²) in [4.78, 5) is 0.188. The monoisotopic (exact) mass is 334 g/mol. The number of methoxy groups -OCH3 is 1. The normalized spacial score (nSPS) is 23.4. The zero-order valence-electron chi connectivity index (χ0n) is 16.0. The van der Waals surface area contributed by atoms with Crippen molar-refractivity contribution in [1.82, 2.24) is 3.97 Å². The topological polar surface area (TPSA) is 48.3 Å². The lowest BCUT2D eigenvalue weighted by atomic mass is 9.84. The van der Waals surface area contributed by atoms with Crippen molar-refractivity contribution in [3.8, 4) is 0 Å². The summed E-state index contributed by atoms with van der Waals surface area (Å²) in [7, 11) is -6.35. The van der Waals surface area contributed by atoms with Crippen molar-refractivity contribution in [1.29, 1.82) is 0 Å². The third kappa shape index (κ3) is 2.64. The van der Waals surface area contributed by atoms with E-state index >= 15 is 0 Å². The van der Waals surface area contributed by atoms with Crippen molar-refractivity contribution < 1.29 is 17.3 Å². The van der Waals surface area contributed by atoms with Crippen LogP contribution in [-0.4, -0.2) is 25.0 Å². The highest BCUT2D eigenvalue weighted by Crippen LogP contribution is 2.34. The van der Waals surface area contributed by atoms with E-state index in [9.17, 15) is 8.42 Å². The number of benzene rings is 1. The SMILES string of the molecule is [2H]C([2H])([2H])OC1(C=C)CCc2ccn(S(=O)(=O)c3ccc(C)cc3)c2C1. The minimum Gasteiger partial charge on any atom is -0.374 e. The predicted molar refractivity (Wildman–Crippen MR) is 90.2 cm³/mol. The van der Waals surface area contributed by atoms with Gasteiger partial charge in [-0.25, -0.2) is 12.4 Å². The molecule has 0 saturated carbocycles. The zero-order chi connectivity index (χ0) is 19.2. The van der Waals surface area contributed by atoms with Crippen LogP contribution >= 0.6 is 0 Å². The van der Waals surface area contributed by atoms with Crippen LogP contribution in [0.2, 0.25) is 0 Å². The van der Waals surface area contributed by atoms with E-state index in [1.165, 1.54) is 16.2 Å². The Balaban J connectivity index is 2.03. The minimum absolute atomic E-state index is 0.141. The highest BCUT2D eigenvalue weighted by atomic mass is 32.2. The number of hydrogen-bond donors (Lipinski definition) is 0. The summed E-state index contributed by atoms with van der Waals surface area (Å²) in [6.45, 7) is 5.61. The molecule has 0 fully saturated rings. The first-order chi connectivity index (χ1) is 12.1. The first-order valence-corrected chi connectivity index (χ1v) is 8.85. The summed E-state index contributed by atoms with van der Waals surface area (Å²) < 4.78 is 54.9. The molecule has 1 atom stereocenters. The summed E-state index contributed by atoms with van der Waals surface area (Å²) in [5, 5.41) is 0. The number of rotatable bonds is 4. The molecule has 1 aromatic carbocycles. The number of aryl methyl sites for hydroxylation is 2. The maximum atomic E-state index is 13.0. The fourth-order valence-electron chi connectivity index (χ4n) is 2.97. The van der Waals surface area contributed by atoms with E-state index in [-0.39, 0.29) is 11.3 Å². The number of hydrogen-bond acceptors (Lipinski definition) is 3. The highest BCUT2D eigenvalue weighted by Gasteiger charge is 2.35. The van der Waals surface area contributed by atoms with Crippen LogP contribution in [0.25, 0.3) is 0 Å². The fourth-order valence-corrected chi connectivity index (χ4v) is 4.37. The molecule has 5 heteroatoms. The summed E-state index contributed by atoms with van der Waals surface area (Å²) >= 11 is 0. The Morgan fingerprint density at radius 1 is 1.35 bits per heavy atom. The van der Waals surface area contributed by atoms with Gasteiger partial charge in [-0.1, -0.05) is 23.8 Å². The van der Waals surface area contributed by atoms with E-state index in [0.717, 1.165) is 11.1 Å². The molecule has 0 bridgehead atoms.